The lowest BCUT2D eigenvalue weighted by atomic mass is 9.94. The van der Waals surface area contributed by atoms with Gasteiger partial charge < -0.3 is 20.9 Å². The van der Waals surface area contributed by atoms with Crippen LogP contribution in [0, 0.1) is 5.92 Å². The van der Waals surface area contributed by atoms with Crippen LogP contribution in [0.2, 0.25) is 0 Å². The van der Waals surface area contributed by atoms with Gasteiger partial charge in [-0.2, -0.15) is 0 Å². The zero-order valence-electron chi connectivity index (χ0n) is 20.0. The second-order valence-corrected chi connectivity index (χ2v) is 10.3. The summed E-state index contributed by atoms with van der Waals surface area (Å²) in [4.78, 5) is 21.2. The molecule has 1 saturated heterocycles. The number of carbonyl (C=O) groups is 1. The molecule has 7 nitrogen and oxygen atoms in total. The first-order valence-corrected chi connectivity index (χ1v) is 12.7. The number of carboxylic acid groups (broad SMARTS) is 1. The molecule has 34 heavy (non-hydrogen) atoms. The molecular formula is C26H34N4O3S. The summed E-state index contributed by atoms with van der Waals surface area (Å²) in [5.41, 5.74) is 7.96. The molecule has 2 heterocycles. The Morgan fingerprint density at radius 2 is 1.82 bits per heavy atom. The summed E-state index contributed by atoms with van der Waals surface area (Å²) in [7, 11) is 0. The number of piperazine rings is 1. The second-order valence-electron chi connectivity index (χ2n) is 9.25. The number of benzene rings is 2. The van der Waals surface area contributed by atoms with Crippen LogP contribution in [-0.2, 0) is 9.53 Å². The van der Waals surface area contributed by atoms with Gasteiger partial charge in [0.15, 0.2) is 5.72 Å². The SMILES string of the molecule is CC(CC(C)[C@@H](N)C(=O)O)OC(C)(C1=Nc2ccccc2Sc2ccccc21)N1CCNCC1. The number of aliphatic carboxylic acids is 1. The van der Waals surface area contributed by atoms with E-state index in [1.165, 1.54) is 0 Å². The number of rotatable bonds is 8. The number of carboxylic acids is 1. The highest BCUT2D eigenvalue weighted by molar-refractivity contribution is 7.99. The molecule has 182 valence electrons. The van der Waals surface area contributed by atoms with E-state index in [2.05, 4.69) is 41.4 Å². The molecule has 0 amide bonds. The van der Waals surface area contributed by atoms with Crippen LogP contribution in [0.4, 0.5) is 5.69 Å². The van der Waals surface area contributed by atoms with Gasteiger partial charge in [0.2, 0.25) is 0 Å². The Balaban J connectivity index is 1.76. The molecule has 2 aliphatic rings. The van der Waals surface area contributed by atoms with E-state index in [0.717, 1.165) is 52.9 Å². The minimum Gasteiger partial charge on any atom is -0.480 e. The number of fused-ring (bicyclic) bond motifs is 2. The fraction of sp³-hybridized carbons (Fsp3) is 0.462. The number of hydrogen-bond acceptors (Lipinski definition) is 7. The lowest BCUT2D eigenvalue weighted by Gasteiger charge is -2.45. The molecule has 1 fully saturated rings. The molecule has 4 rings (SSSR count). The van der Waals surface area contributed by atoms with Gasteiger partial charge in [-0.1, -0.05) is 49.0 Å². The predicted octanol–water partition coefficient (Wildman–Crippen LogP) is 3.74. The van der Waals surface area contributed by atoms with Crippen molar-refractivity contribution in [2.24, 2.45) is 16.6 Å². The van der Waals surface area contributed by atoms with Crippen molar-refractivity contribution in [3.05, 3.63) is 54.1 Å². The van der Waals surface area contributed by atoms with Crippen LogP contribution in [0.25, 0.3) is 0 Å². The van der Waals surface area contributed by atoms with E-state index in [1.807, 2.05) is 38.1 Å². The third kappa shape index (κ3) is 5.21. The number of hydrogen-bond donors (Lipinski definition) is 3. The van der Waals surface area contributed by atoms with Gasteiger partial charge in [0.05, 0.1) is 17.5 Å². The molecule has 8 heteroatoms. The zero-order chi connectivity index (χ0) is 24.3. The van der Waals surface area contributed by atoms with Crippen molar-refractivity contribution in [2.75, 3.05) is 26.2 Å². The molecule has 0 radical (unpaired) electrons. The van der Waals surface area contributed by atoms with Gasteiger partial charge in [0.25, 0.3) is 0 Å². The summed E-state index contributed by atoms with van der Waals surface area (Å²) < 4.78 is 6.85. The van der Waals surface area contributed by atoms with Gasteiger partial charge in [0, 0.05) is 41.5 Å². The maximum atomic E-state index is 11.4. The van der Waals surface area contributed by atoms with Crippen LogP contribution >= 0.6 is 11.8 Å². The van der Waals surface area contributed by atoms with Gasteiger partial charge in [-0.15, -0.1) is 0 Å². The van der Waals surface area contributed by atoms with Crippen molar-refractivity contribution in [2.45, 2.75) is 54.9 Å². The highest BCUT2D eigenvalue weighted by Gasteiger charge is 2.43. The van der Waals surface area contributed by atoms with Gasteiger partial charge >= 0.3 is 5.97 Å². The Morgan fingerprint density at radius 1 is 1.18 bits per heavy atom. The van der Waals surface area contributed by atoms with E-state index in [1.54, 1.807) is 11.8 Å². The number of para-hydroxylation sites is 1. The fourth-order valence-electron chi connectivity index (χ4n) is 4.76. The Morgan fingerprint density at radius 3 is 2.53 bits per heavy atom. The molecule has 2 aromatic carbocycles. The van der Waals surface area contributed by atoms with Crippen molar-refractivity contribution < 1.29 is 14.6 Å². The van der Waals surface area contributed by atoms with Gasteiger partial charge in [0.1, 0.15) is 6.04 Å². The number of ether oxygens (including phenoxy) is 1. The lowest BCUT2D eigenvalue weighted by Crippen LogP contribution is -2.61. The van der Waals surface area contributed by atoms with E-state index >= 15 is 0 Å². The van der Waals surface area contributed by atoms with Crippen molar-refractivity contribution in [3.8, 4) is 0 Å². The normalized spacial score (nSPS) is 20.6. The minimum absolute atomic E-state index is 0.221. The monoisotopic (exact) mass is 482 g/mol. The van der Waals surface area contributed by atoms with Gasteiger partial charge in [-0.3, -0.25) is 9.69 Å². The van der Waals surface area contributed by atoms with Crippen molar-refractivity contribution in [3.63, 3.8) is 0 Å². The largest absolute Gasteiger partial charge is 0.480 e. The predicted molar refractivity (Wildman–Crippen MR) is 136 cm³/mol. The molecule has 0 aliphatic carbocycles. The average Bonchev–Trinajstić information content (AvgIpc) is 3.01. The molecule has 0 saturated carbocycles. The lowest BCUT2D eigenvalue weighted by molar-refractivity contribution is -0.143. The second kappa shape index (κ2) is 10.6. The molecule has 4 N–H and O–H groups in total. The Bertz CT molecular complexity index is 1060. The standard InChI is InChI=1S/C26H34N4O3S/c1-17(23(27)25(31)32)16-18(2)33-26(3,30-14-12-28-13-15-30)24-19-8-4-6-10-21(19)34-22-11-7-5-9-20(22)29-24/h4-11,17-18,23,28H,12-16,27H2,1-3H3,(H,31,32)/t17?,18?,23-,26?/m1/s1. The summed E-state index contributed by atoms with van der Waals surface area (Å²) >= 11 is 1.72. The van der Waals surface area contributed by atoms with E-state index in [9.17, 15) is 9.90 Å². The average molecular weight is 483 g/mol. The molecule has 2 aromatic rings. The first kappa shape index (κ1) is 24.9. The fourth-order valence-corrected chi connectivity index (χ4v) is 5.79. The quantitative estimate of drug-likeness (QED) is 0.527. The topological polar surface area (TPSA) is 100 Å². The molecule has 0 spiro atoms. The number of aliphatic imine (C=N–C) groups is 1. The highest BCUT2D eigenvalue weighted by Crippen LogP contribution is 2.43. The van der Waals surface area contributed by atoms with E-state index in [-0.39, 0.29) is 12.0 Å². The Labute approximate surface area is 205 Å². The number of nitrogens with one attached hydrogen (secondary N) is 1. The van der Waals surface area contributed by atoms with Crippen LogP contribution in [0.1, 0.15) is 32.8 Å². The maximum Gasteiger partial charge on any atom is 0.320 e. The van der Waals surface area contributed by atoms with Gasteiger partial charge in [-0.25, -0.2) is 4.99 Å². The molecule has 4 atom stereocenters. The van der Waals surface area contributed by atoms with Crippen LogP contribution < -0.4 is 11.1 Å². The molecular weight excluding hydrogens is 448 g/mol. The summed E-state index contributed by atoms with van der Waals surface area (Å²) in [6, 6.07) is 15.6. The first-order chi connectivity index (χ1) is 16.3. The highest BCUT2D eigenvalue weighted by atomic mass is 32.2. The smallest absolute Gasteiger partial charge is 0.320 e. The maximum absolute atomic E-state index is 11.4. The van der Waals surface area contributed by atoms with Crippen molar-refractivity contribution in [1.82, 2.24) is 10.2 Å². The Hall–Kier alpha value is -2.23. The van der Waals surface area contributed by atoms with Crippen molar-refractivity contribution in [1.29, 1.82) is 0 Å². The van der Waals surface area contributed by atoms with E-state index in [0.29, 0.717) is 6.42 Å². The summed E-state index contributed by atoms with van der Waals surface area (Å²) in [6.45, 7) is 9.35. The van der Waals surface area contributed by atoms with E-state index < -0.39 is 17.7 Å². The Kier molecular flexibility index (Phi) is 7.74. The summed E-state index contributed by atoms with van der Waals surface area (Å²) in [5.74, 6) is -1.21. The zero-order valence-corrected chi connectivity index (χ0v) is 20.8. The van der Waals surface area contributed by atoms with E-state index in [4.69, 9.17) is 15.5 Å². The van der Waals surface area contributed by atoms with Crippen LogP contribution in [0.3, 0.4) is 0 Å². The minimum atomic E-state index is -0.986. The summed E-state index contributed by atoms with van der Waals surface area (Å²) in [6.07, 6.45) is 0.316. The van der Waals surface area contributed by atoms with Crippen molar-refractivity contribution >= 4 is 29.1 Å². The number of nitrogens with zero attached hydrogens (tertiary/aromatic N) is 2. The van der Waals surface area contributed by atoms with Crippen LogP contribution in [0.15, 0.2) is 63.3 Å². The molecule has 2 aliphatic heterocycles. The third-order valence-electron chi connectivity index (χ3n) is 6.65. The molecule has 3 unspecified atom stereocenters. The van der Waals surface area contributed by atoms with Crippen LogP contribution in [0.5, 0.6) is 0 Å². The summed E-state index contributed by atoms with van der Waals surface area (Å²) in [5, 5.41) is 12.8. The van der Waals surface area contributed by atoms with Gasteiger partial charge in [-0.05, 0) is 44.4 Å². The molecule has 0 aromatic heterocycles. The number of nitrogens with two attached hydrogens (primary N) is 1. The molecule has 0 bridgehead atoms. The third-order valence-corrected chi connectivity index (χ3v) is 7.79. The van der Waals surface area contributed by atoms with Crippen LogP contribution in [-0.4, -0.2) is 65.7 Å². The first-order valence-electron chi connectivity index (χ1n) is 11.9.